The highest BCUT2D eigenvalue weighted by molar-refractivity contribution is 6.31. The molecule has 1 aliphatic heterocycles. The lowest BCUT2D eigenvalue weighted by Gasteiger charge is -2.36. The molecule has 0 unspecified atom stereocenters. The maximum Gasteiger partial charge on any atom is 0.342 e. The summed E-state index contributed by atoms with van der Waals surface area (Å²) in [5.74, 6) is 0.771. The van der Waals surface area contributed by atoms with Crippen LogP contribution in [0, 0.1) is 17.0 Å². The Balaban J connectivity index is 1.28. The first kappa shape index (κ1) is 20.6. The number of piperazine rings is 1. The van der Waals surface area contributed by atoms with Gasteiger partial charge in [-0.05, 0) is 48.6 Å². The first-order valence-corrected chi connectivity index (χ1v) is 10.6. The number of halogens is 1. The third kappa shape index (κ3) is 4.39. The Hall–Kier alpha value is -2.71. The lowest BCUT2D eigenvalue weighted by Crippen LogP contribution is -2.46. The Morgan fingerprint density at radius 2 is 1.87 bits per heavy atom. The van der Waals surface area contributed by atoms with Gasteiger partial charge in [0.2, 0.25) is 0 Å². The first-order chi connectivity index (χ1) is 14.5. The third-order valence-corrected chi connectivity index (χ3v) is 5.96. The number of unbranched alkanes of at least 4 members (excludes halogenated alkanes) is 1. The van der Waals surface area contributed by atoms with Crippen molar-refractivity contribution in [2.24, 2.45) is 0 Å². The zero-order valence-corrected chi connectivity index (χ0v) is 17.8. The van der Waals surface area contributed by atoms with E-state index in [1.54, 1.807) is 4.57 Å². The number of benzene rings is 1. The number of hydrogen-bond donors (Lipinski definition) is 0. The molecule has 1 fully saturated rings. The van der Waals surface area contributed by atoms with Gasteiger partial charge in [0.15, 0.2) is 5.82 Å². The van der Waals surface area contributed by atoms with Crippen LogP contribution in [0.5, 0.6) is 0 Å². The van der Waals surface area contributed by atoms with Gasteiger partial charge >= 0.3 is 5.82 Å². The molecule has 4 rings (SSSR count). The van der Waals surface area contributed by atoms with E-state index in [9.17, 15) is 10.1 Å². The molecule has 0 aliphatic carbocycles. The summed E-state index contributed by atoms with van der Waals surface area (Å²) in [6.07, 6.45) is 5.09. The van der Waals surface area contributed by atoms with Crippen LogP contribution in [0.3, 0.4) is 0 Å². The predicted octanol–water partition coefficient (Wildman–Crippen LogP) is 3.90. The second-order valence-corrected chi connectivity index (χ2v) is 8.04. The van der Waals surface area contributed by atoms with Crippen LogP contribution in [0.2, 0.25) is 5.02 Å². The maximum atomic E-state index is 11.1. The van der Waals surface area contributed by atoms with E-state index in [2.05, 4.69) is 25.8 Å². The van der Waals surface area contributed by atoms with E-state index < -0.39 is 0 Å². The molecule has 1 aromatic carbocycles. The van der Waals surface area contributed by atoms with Crippen molar-refractivity contribution in [2.45, 2.75) is 26.3 Å². The van der Waals surface area contributed by atoms with Crippen LogP contribution >= 0.6 is 11.6 Å². The lowest BCUT2D eigenvalue weighted by molar-refractivity contribution is -0.392. The number of aromatic nitrogens is 3. The van der Waals surface area contributed by atoms with Crippen LogP contribution in [0.4, 0.5) is 11.5 Å². The second kappa shape index (κ2) is 8.97. The molecule has 1 aliphatic rings. The number of hydrogen-bond acceptors (Lipinski definition) is 6. The number of imidazole rings is 1. The van der Waals surface area contributed by atoms with E-state index in [0.717, 1.165) is 56.5 Å². The van der Waals surface area contributed by atoms with Crippen LogP contribution in [0.25, 0.3) is 10.9 Å². The van der Waals surface area contributed by atoms with Gasteiger partial charge in [0.1, 0.15) is 6.20 Å². The van der Waals surface area contributed by atoms with Crippen molar-refractivity contribution in [1.82, 2.24) is 19.4 Å². The number of rotatable bonds is 7. The molecule has 158 valence electrons. The zero-order chi connectivity index (χ0) is 21.1. The fourth-order valence-electron chi connectivity index (χ4n) is 4.08. The van der Waals surface area contributed by atoms with E-state index in [-0.39, 0.29) is 10.7 Å². The number of nitro groups is 1. The van der Waals surface area contributed by atoms with Gasteiger partial charge in [-0.2, -0.15) is 0 Å². The molecular weight excluding hydrogens is 404 g/mol. The molecule has 0 atom stereocenters. The fourth-order valence-corrected chi connectivity index (χ4v) is 4.24. The number of pyridine rings is 1. The smallest absolute Gasteiger partial charge is 0.342 e. The molecule has 2 aromatic heterocycles. The summed E-state index contributed by atoms with van der Waals surface area (Å²) in [6.45, 7) is 7.38. The Morgan fingerprint density at radius 3 is 2.63 bits per heavy atom. The highest BCUT2D eigenvalue weighted by Crippen LogP contribution is 2.28. The maximum absolute atomic E-state index is 11.1. The molecule has 3 aromatic rings. The quantitative estimate of drug-likeness (QED) is 0.322. The van der Waals surface area contributed by atoms with Crippen LogP contribution in [-0.2, 0) is 6.54 Å². The largest absolute Gasteiger partial charge is 0.368 e. The van der Waals surface area contributed by atoms with Gasteiger partial charge in [-0.1, -0.05) is 11.6 Å². The number of fused-ring (bicyclic) bond motifs is 1. The summed E-state index contributed by atoms with van der Waals surface area (Å²) in [4.78, 5) is 24.1. The summed E-state index contributed by atoms with van der Waals surface area (Å²) in [7, 11) is 0. The van der Waals surface area contributed by atoms with Crippen LogP contribution in [0.15, 0.2) is 36.7 Å². The molecule has 0 N–H and O–H groups in total. The summed E-state index contributed by atoms with van der Waals surface area (Å²) in [5, 5.41) is 12.9. The van der Waals surface area contributed by atoms with E-state index in [4.69, 9.17) is 11.6 Å². The first-order valence-electron chi connectivity index (χ1n) is 10.2. The fraction of sp³-hybridized carbons (Fsp3) is 0.429. The Kier molecular flexibility index (Phi) is 6.15. The van der Waals surface area contributed by atoms with E-state index in [1.807, 2.05) is 31.3 Å². The second-order valence-electron chi connectivity index (χ2n) is 7.60. The van der Waals surface area contributed by atoms with Crippen LogP contribution in [0.1, 0.15) is 18.7 Å². The van der Waals surface area contributed by atoms with E-state index >= 15 is 0 Å². The summed E-state index contributed by atoms with van der Waals surface area (Å²) in [5.41, 5.74) is 2.13. The normalized spacial score (nSPS) is 15.1. The molecule has 3 heterocycles. The monoisotopic (exact) mass is 428 g/mol. The molecule has 0 saturated carbocycles. The van der Waals surface area contributed by atoms with Crippen molar-refractivity contribution < 1.29 is 4.92 Å². The van der Waals surface area contributed by atoms with E-state index in [0.29, 0.717) is 17.4 Å². The van der Waals surface area contributed by atoms with Gasteiger partial charge < -0.3 is 15.0 Å². The lowest BCUT2D eigenvalue weighted by atomic mass is 10.1. The number of nitrogens with zero attached hydrogens (tertiary/aromatic N) is 6. The van der Waals surface area contributed by atoms with Crippen LogP contribution in [-0.4, -0.2) is 57.1 Å². The molecule has 30 heavy (non-hydrogen) atoms. The third-order valence-electron chi connectivity index (χ3n) is 5.72. The minimum atomic E-state index is -0.365. The average Bonchev–Trinajstić information content (AvgIpc) is 3.11. The Morgan fingerprint density at radius 1 is 1.10 bits per heavy atom. The van der Waals surface area contributed by atoms with Gasteiger partial charge in [-0.25, -0.2) is 9.55 Å². The van der Waals surface area contributed by atoms with Crippen molar-refractivity contribution in [2.75, 3.05) is 37.6 Å². The SMILES string of the molecule is Cc1ncc([N+](=O)[O-])n1CCCCN1CCN(c2ccnc3cc(Cl)ccc23)CC1. The van der Waals surface area contributed by atoms with Gasteiger partial charge in [0, 0.05) is 55.4 Å². The highest BCUT2D eigenvalue weighted by Gasteiger charge is 2.20. The predicted molar refractivity (Wildman–Crippen MR) is 118 cm³/mol. The van der Waals surface area contributed by atoms with Crippen LogP contribution < -0.4 is 4.90 Å². The Labute approximate surface area is 180 Å². The standard InChI is InChI=1S/C21H25ClN6O2/c1-16-24-15-21(28(29)30)27(16)9-3-2-8-25-10-12-26(13-11-25)20-6-7-23-19-14-17(22)4-5-18(19)20/h4-7,14-15H,2-3,8-13H2,1H3. The minimum absolute atomic E-state index is 0.0759. The summed E-state index contributed by atoms with van der Waals surface area (Å²) < 4.78 is 1.69. The molecular formula is C21H25ClN6O2. The molecule has 9 heteroatoms. The van der Waals surface area contributed by atoms with Crippen molar-refractivity contribution in [3.8, 4) is 0 Å². The van der Waals surface area contributed by atoms with Crippen molar-refractivity contribution in [3.63, 3.8) is 0 Å². The molecule has 0 radical (unpaired) electrons. The zero-order valence-electron chi connectivity index (χ0n) is 17.0. The van der Waals surface area contributed by atoms with Crippen molar-refractivity contribution in [1.29, 1.82) is 0 Å². The molecule has 8 nitrogen and oxygen atoms in total. The number of anilines is 1. The molecule has 0 bridgehead atoms. The summed E-state index contributed by atoms with van der Waals surface area (Å²) in [6, 6.07) is 7.94. The van der Waals surface area contributed by atoms with Gasteiger partial charge in [0.05, 0.1) is 12.1 Å². The van der Waals surface area contributed by atoms with Gasteiger partial charge in [0.25, 0.3) is 0 Å². The Bertz CT molecular complexity index is 1050. The molecule has 1 saturated heterocycles. The highest BCUT2D eigenvalue weighted by atomic mass is 35.5. The van der Waals surface area contributed by atoms with Crippen molar-refractivity contribution >= 4 is 34.0 Å². The average molecular weight is 429 g/mol. The minimum Gasteiger partial charge on any atom is -0.368 e. The van der Waals surface area contributed by atoms with Gasteiger partial charge in [-0.3, -0.25) is 9.88 Å². The summed E-state index contributed by atoms with van der Waals surface area (Å²) >= 11 is 6.10. The molecule has 0 amide bonds. The number of aryl methyl sites for hydroxylation is 1. The van der Waals surface area contributed by atoms with Gasteiger partial charge in [-0.15, -0.1) is 0 Å². The molecule has 0 spiro atoms. The topological polar surface area (TPSA) is 80.3 Å². The van der Waals surface area contributed by atoms with Crippen molar-refractivity contribution in [3.05, 3.63) is 57.6 Å². The van der Waals surface area contributed by atoms with E-state index in [1.165, 1.54) is 11.9 Å².